The molecule has 3 rings (SSSR count). The molecule has 2 aliphatic heterocycles. The lowest BCUT2D eigenvalue weighted by Gasteiger charge is -2.38. The highest BCUT2D eigenvalue weighted by Gasteiger charge is 2.51. The third kappa shape index (κ3) is 1.65. The van der Waals surface area contributed by atoms with Crippen LogP contribution in [0.1, 0.15) is 13.3 Å². The van der Waals surface area contributed by atoms with Crippen LogP contribution >= 0.6 is 15.9 Å². The van der Waals surface area contributed by atoms with Crippen LogP contribution in [-0.4, -0.2) is 30.8 Å². The highest BCUT2D eigenvalue weighted by Crippen LogP contribution is 2.39. The Labute approximate surface area is 115 Å². The predicted octanol–water partition coefficient (Wildman–Crippen LogP) is 2.13. The molecule has 1 spiro atoms. The third-order valence-corrected chi connectivity index (χ3v) is 4.41. The highest BCUT2D eigenvalue weighted by atomic mass is 79.9. The smallest absolute Gasteiger partial charge is 0.196 e. The van der Waals surface area contributed by atoms with Gasteiger partial charge in [0.15, 0.2) is 5.96 Å². The van der Waals surface area contributed by atoms with Crippen molar-refractivity contribution in [3.8, 4) is 0 Å². The first-order valence-corrected chi connectivity index (χ1v) is 6.90. The van der Waals surface area contributed by atoms with Gasteiger partial charge in [-0.1, -0.05) is 22.0 Å². The van der Waals surface area contributed by atoms with Gasteiger partial charge in [0.1, 0.15) is 0 Å². The molecule has 1 fully saturated rings. The number of ether oxygens (including phenoxy) is 1. The molecule has 4 nitrogen and oxygen atoms in total. The molecule has 1 saturated heterocycles. The van der Waals surface area contributed by atoms with Crippen molar-refractivity contribution in [2.75, 3.05) is 18.1 Å². The van der Waals surface area contributed by atoms with E-state index < -0.39 is 0 Å². The van der Waals surface area contributed by atoms with Crippen molar-refractivity contribution >= 4 is 27.6 Å². The normalized spacial score (nSPS) is 31.1. The summed E-state index contributed by atoms with van der Waals surface area (Å²) >= 11 is 3.50. The molecular weight excluding hydrogens is 294 g/mol. The molecule has 5 heteroatoms. The van der Waals surface area contributed by atoms with E-state index in [1.807, 2.05) is 12.1 Å². The van der Waals surface area contributed by atoms with Crippen LogP contribution in [0, 0.1) is 0 Å². The molecule has 0 aromatic heterocycles. The predicted molar refractivity (Wildman–Crippen MR) is 75.9 cm³/mol. The van der Waals surface area contributed by atoms with Gasteiger partial charge >= 0.3 is 0 Å². The maximum atomic E-state index is 6.08. The van der Waals surface area contributed by atoms with Crippen molar-refractivity contribution in [1.29, 1.82) is 0 Å². The fraction of sp³-hybridized carbons (Fsp3) is 0.462. The van der Waals surface area contributed by atoms with E-state index in [2.05, 4.69) is 44.9 Å². The summed E-state index contributed by atoms with van der Waals surface area (Å²) < 4.78 is 6.78. The number of aliphatic imine (C=N–C) groups is 1. The zero-order valence-electron chi connectivity index (χ0n) is 10.3. The van der Waals surface area contributed by atoms with E-state index in [0.29, 0.717) is 12.5 Å². The van der Waals surface area contributed by atoms with E-state index in [-0.39, 0.29) is 11.6 Å². The number of anilines is 1. The van der Waals surface area contributed by atoms with Crippen LogP contribution in [0.5, 0.6) is 0 Å². The van der Waals surface area contributed by atoms with Crippen LogP contribution in [0.2, 0.25) is 0 Å². The van der Waals surface area contributed by atoms with Gasteiger partial charge in [0.05, 0.1) is 18.2 Å². The van der Waals surface area contributed by atoms with Crippen LogP contribution in [0.25, 0.3) is 0 Å². The molecule has 2 unspecified atom stereocenters. The molecule has 0 aliphatic carbocycles. The van der Waals surface area contributed by atoms with Crippen LogP contribution in [-0.2, 0) is 4.74 Å². The summed E-state index contributed by atoms with van der Waals surface area (Å²) in [5, 5.41) is 0. The average Bonchev–Trinajstić information content (AvgIpc) is 2.85. The number of nitrogens with two attached hydrogens (primary N) is 1. The standard InChI is InChI=1S/C13H16BrN3O/c1-9-13(5-6-18-9)8-16-12(15)17(13)11-4-2-3-10(14)7-11/h2-4,7,9H,5-6,8H2,1H3,(H2,15,16). The first-order chi connectivity index (χ1) is 8.63. The van der Waals surface area contributed by atoms with Gasteiger partial charge in [0, 0.05) is 16.8 Å². The van der Waals surface area contributed by atoms with Gasteiger partial charge in [-0.05, 0) is 31.5 Å². The summed E-state index contributed by atoms with van der Waals surface area (Å²) in [6.07, 6.45) is 1.10. The van der Waals surface area contributed by atoms with Crippen molar-refractivity contribution in [3.63, 3.8) is 0 Å². The SMILES string of the molecule is CC1OCCC12CN=C(N)N2c1cccc(Br)c1. The molecule has 2 aliphatic rings. The Hall–Kier alpha value is -1.07. The molecular formula is C13H16BrN3O. The van der Waals surface area contributed by atoms with E-state index in [1.165, 1.54) is 0 Å². The van der Waals surface area contributed by atoms with Gasteiger partial charge in [-0.25, -0.2) is 0 Å². The minimum atomic E-state index is -0.106. The van der Waals surface area contributed by atoms with Gasteiger partial charge in [-0.15, -0.1) is 0 Å². The van der Waals surface area contributed by atoms with Crippen molar-refractivity contribution in [2.45, 2.75) is 25.0 Å². The second-order valence-corrected chi connectivity index (χ2v) is 5.77. The molecule has 1 aromatic rings. The first-order valence-electron chi connectivity index (χ1n) is 6.11. The van der Waals surface area contributed by atoms with Crippen LogP contribution in [0.3, 0.4) is 0 Å². The summed E-state index contributed by atoms with van der Waals surface area (Å²) in [4.78, 5) is 6.57. The lowest BCUT2D eigenvalue weighted by atomic mass is 9.90. The molecule has 0 saturated carbocycles. The van der Waals surface area contributed by atoms with Crippen LogP contribution < -0.4 is 10.6 Å². The van der Waals surface area contributed by atoms with Crippen molar-refractivity contribution in [1.82, 2.24) is 0 Å². The number of hydrogen-bond donors (Lipinski definition) is 1. The van der Waals surface area contributed by atoms with E-state index in [0.717, 1.165) is 23.2 Å². The Kier molecular flexibility index (Phi) is 2.83. The Balaban J connectivity index is 2.04. The number of rotatable bonds is 1. The fourth-order valence-corrected chi connectivity index (χ4v) is 3.25. The first kappa shape index (κ1) is 12.0. The summed E-state index contributed by atoms with van der Waals surface area (Å²) in [6, 6.07) is 8.15. The fourth-order valence-electron chi connectivity index (χ4n) is 2.86. The third-order valence-electron chi connectivity index (χ3n) is 3.92. The number of hydrogen-bond acceptors (Lipinski definition) is 4. The van der Waals surface area contributed by atoms with Gasteiger partial charge in [-0.2, -0.15) is 0 Å². The van der Waals surface area contributed by atoms with Gasteiger partial charge < -0.3 is 15.4 Å². The summed E-state index contributed by atoms with van der Waals surface area (Å²) in [5.74, 6) is 0.588. The average molecular weight is 310 g/mol. The van der Waals surface area contributed by atoms with E-state index in [4.69, 9.17) is 10.5 Å². The quantitative estimate of drug-likeness (QED) is 0.864. The lowest BCUT2D eigenvalue weighted by Crippen LogP contribution is -2.56. The minimum absolute atomic E-state index is 0.106. The van der Waals surface area contributed by atoms with Crippen molar-refractivity contribution in [2.24, 2.45) is 10.7 Å². The molecule has 2 atom stereocenters. The molecule has 96 valence electrons. The Morgan fingerprint density at radius 2 is 2.39 bits per heavy atom. The van der Waals surface area contributed by atoms with Crippen molar-refractivity contribution < 1.29 is 4.74 Å². The monoisotopic (exact) mass is 309 g/mol. The van der Waals surface area contributed by atoms with E-state index in [9.17, 15) is 0 Å². The minimum Gasteiger partial charge on any atom is -0.376 e. The molecule has 2 N–H and O–H groups in total. The number of halogens is 1. The second kappa shape index (κ2) is 4.24. The van der Waals surface area contributed by atoms with Gasteiger partial charge in [0.2, 0.25) is 0 Å². The molecule has 0 amide bonds. The highest BCUT2D eigenvalue weighted by molar-refractivity contribution is 9.10. The van der Waals surface area contributed by atoms with Crippen LogP contribution in [0.4, 0.5) is 5.69 Å². The summed E-state index contributed by atoms with van der Waals surface area (Å²) in [7, 11) is 0. The second-order valence-electron chi connectivity index (χ2n) is 4.86. The molecule has 0 radical (unpaired) electrons. The largest absolute Gasteiger partial charge is 0.376 e. The molecule has 18 heavy (non-hydrogen) atoms. The van der Waals surface area contributed by atoms with E-state index in [1.54, 1.807) is 0 Å². The zero-order valence-corrected chi connectivity index (χ0v) is 11.9. The van der Waals surface area contributed by atoms with E-state index >= 15 is 0 Å². The number of nitrogens with zero attached hydrogens (tertiary/aromatic N) is 2. The zero-order chi connectivity index (χ0) is 12.8. The van der Waals surface area contributed by atoms with Crippen molar-refractivity contribution in [3.05, 3.63) is 28.7 Å². The topological polar surface area (TPSA) is 50.9 Å². The maximum absolute atomic E-state index is 6.08. The summed E-state index contributed by atoms with van der Waals surface area (Å²) in [6.45, 7) is 3.59. The summed E-state index contributed by atoms with van der Waals surface area (Å²) in [5.41, 5.74) is 7.05. The van der Waals surface area contributed by atoms with Crippen LogP contribution in [0.15, 0.2) is 33.7 Å². The Bertz CT molecular complexity index is 505. The molecule has 1 aromatic carbocycles. The Morgan fingerprint density at radius 1 is 1.56 bits per heavy atom. The maximum Gasteiger partial charge on any atom is 0.196 e. The lowest BCUT2D eigenvalue weighted by molar-refractivity contribution is 0.100. The molecule has 2 heterocycles. The van der Waals surface area contributed by atoms with Gasteiger partial charge in [-0.3, -0.25) is 4.99 Å². The Morgan fingerprint density at radius 3 is 3.06 bits per heavy atom. The molecule has 0 bridgehead atoms. The number of guanidine groups is 1. The van der Waals surface area contributed by atoms with Gasteiger partial charge in [0.25, 0.3) is 0 Å². The number of benzene rings is 1.